The molecule has 0 radical (unpaired) electrons. The van der Waals surface area contributed by atoms with Crippen molar-refractivity contribution in [2.24, 2.45) is 17.0 Å². The molecule has 0 saturated heterocycles. The highest BCUT2D eigenvalue weighted by atomic mass is 32.2. The van der Waals surface area contributed by atoms with E-state index in [2.05, 4.69) is 5.10 Å². The third-order valence-corrected chi connectivity index (χ3v) is 7.61. The number of aromatic nitrogens is 2. The zero-order valence-corrected chi connectivity index (χ0v) is 19.5. The average Bonchev–Trinajstić information content (AvgIpc) is 3.20. The van der Waals surface area contributed by atoms with E-state index in [9.17, 15) is 12.8 Å². The van der Waals surface area contributed by atoms with Crippen LogP contribution in [0.15, 0.2) is 79.0 Å². The Labute approximate surface area is 192 Å². The number of rotatable bonds is 7. The zero-order chi connectivity index (χ0) is 23.8. The van der Waals surface area contributed by atoms with Crippen molar-refractivity contribution in [3.8, 4) is 11.4 Å². The van der Waals surface area contributed by atoms with Crippen LogP contribution in [0.2, 0.25) is 0 Å². The second kappa shape index (κ2) is 8.61. The topological polar surface area (TPSA) is 87.2 Å². The van der Waals surface area contributed by atoms with Crippen molar-refractivity contribution >= 4 is 20.9 Å². The largest absolute Gasteiger partial charge is 0.465 e. The standard InChI is InChI=1S/C25H26FN3O3S/c1-17(2)18(3)25(33(27,30)31,20-7-5-4-6-8-20)32-23-13-14-24-19(15-23)16-28-29(24)22-11-9-21(26)10-12-22/h4-18H,1-3H3,(H2,27,30,31). The summed E-state index contributed by atoms with van der Waals surface area (Å²) in [5.41, 5.74) is 1.94. The quantitative estimate of drug-likeness (QED) is 0.415. The number of sulfonamides is 1. The van der Waals surface area contributed by atoms with Gasteiger partial charge in [0.15, 0.2) is 0 Å². The lowest BCUT2D eigenvalue weighted by molar-refractivity contribution is 0.0690. The number of halogens is 1. The maximum atomic E-state index is 13.3. The van der Waals surface area contributed by atoms with E-state index in [1.807, 2.05) is 26.8 Å². The van der Waals surface area contributed by atoms with Crippen LogP contribution in [-0.2, 0) is 15.0 Å². The molecule has 0 aliphatic carbocycles. The first-order valence-corrected chi connectivity index (χ1v) is 12.2. The Morgan fingerprint density at radius 3 is 2.27 bits per heavy atom. The van der Waals surface area contributed by atoms with Crippen LogP contribution in [0, 0.1) is 17.7 Å². The first kappa shape index (κ1) is 22.9. The van der Waals surface area contributed by atoms with Crippen LogP contribution in [0.4, 0.5) is 4.39 Å². The summed E-state index contributed by atoms with van der Waals surface area (Å²) in [6.45, 7) is 5.70. The van der Waals surface area contributed by atoms with Gasteiger partial charge < -0.3 is 4.74 Å². The molecule has 0 fully saturated rings. The Bertz CT molecular complexity index is 1370. The minimum absolute atomic E-state index is 0.0338. The van der Waals surface area contributed by atoms with E-state index < -0.39 is 20.9 Å². The number of benzene rings is 3. The Kier molecular flexibility index (Phi) is 5.99. The number of nitrogens with zero attached hydrogens (tertiary/aromatic N) is 2. The van der Waals surface area contributed by atoms with Crippen molar-refractivity contribution in [3.63, 3.8) is 0 Å². The Balaban J connectivity index is 1.82. The van der Waals surface area contributed by atoms with Gasteiger partial charge in [0.25, 0.3) is 10.0 Å². The van der Waals surface area contributed by atoms with E-state index >= 15 is 0 Å². The maximum Gasteiger partial charge on any atom is 0.255 e. The molecule has 2 N–H and O–H groups in total. The summed E-state index contributed by atoms with van der Waals surface area (Å²) >= 11 is 0. The highest BCUT2D eigenvalue weighted by molar-refractivity contribution is 7.90. The molecule has 1 aromatic heterocycles. The lowest BCUT2D eigenvalue weighted by Crippen LogP contribution is -2.52. The number of primary sulfonamides is 1. The van der Waals surface area contributed by atoms with Gasteiger partial charge in [0, 0.05) is 16.9 Å². The molecule has 33 heavy (non-hydrogen) atoms. The minimum Gasteiger partial charge on any atom is -0.465 e. The van der Waals surface area contributed by atoms with Crippen molar-refractivity contribution in [1.29, 1.82) is 0 Å². The van der Waals surface area contributed by atoms with Gasteiger partial charge in [0.2, 0.25) is 4.93 Å². The van der Waals surface area contributed by atoms with Crippen molar-refractivity contribution < 1.29 is 17.5 Å². The molecule has 0 spiro atoms. The van der Waals surface area contributed by atoms with Crippen molar-refractivity contribution in [2.45, 2.75) is 25.7 Å². The summed E-state index contributed by atoms with van der Waals surface area (Å²) in [5.74, 6) is -0.460. The van der Waals surface area contributed by atoms with Crippen LogP contribution >= 0.6 is 0 Å². The average molecular weight is 468 g/mol. The third-order valence-electron chi connectivity index (χ3n) is 6.08. The summed E-state index contributed by atoms with van der Waals surface area (Å²) in [7, 11) is -4.20. The Morgan fingerprint density at radius 1 is 1.00 bits per heavy atom. The van der Waals surface area contributed by atoms with E-state index in [0.717, 1.165) is 10.9 Å². The zero-order valence-electron chi connectivity index (χ0n) is 18.6. The van der Waals surface area contributed by atoms with Crippen LogP contribution < -0.4 is 9.88 Å². The van der Waals surface area contributed by atoms with Gasteiger partial charge in [0.05, 0.1) is 17.4 Å². The van der Waals surface area contributed by atoms with E-state index in [-0.39, 0.29) is 11.7 Å². The molecule has 1 heterocycles. The first-order chi connectivity index (χ1) is 15.6. The number of hydrogen-bond acceptors (Lipinski definition) is 4. The van der Waals surface area contributed by atoms with Crippen molar-refractivity contribution in [3.05, 3.63) is 90.4 Å². The highest BCUT2D eigenvalue weighted by Gasteiger charge is 2.52. The molecule has 4 rings (SSSR count). The molecular formula is C25H26FN3O3S. The molecule has 0 aliphatic heterocycles. The van der Waals surface area contributed by atoms with Crippen molar-refractivity contribution in [1.82, 2.24) is 9.78 Å². The van der Waals surface area contributed by atoms with Gasteiger partial charge in [-0.3, -0.25) is 0 Å². The van der Waals surface area contributed by atoms with Crippen LogP contribution in [0.25, 0.3) is 16.6 Å². The van der Waals surface area contributed by atoms with E-state index in [1.54, 1.807) is 65.5 Å². The molecule has 3 aromatic carbocycles. The number of nitrogens with two attached hydrogens (primary N) is 1. The van der Waals surface area contributed by atoms with Gasteiger partial charge in [-0.1, -0.05) is 51.1 Å². The Hall–Kier alpha value is -3.23. The second-order valence-electron chi connectivity index (χ2n) is 8.47. The lowest BCUT2D eigenvalue weighted by Gasteiger charge is -2.39. The van der Waals surface area contributed by atoms with Crippen LogP contribution in [0.1, 0.15) is 26.3 Å². The van der Waals surface area contributed by atoms with E-state index in [4.69, 9.17) is 9.88 Å². The molecule has 4 aromatic rings. The van der Waals surface area contributed by atoms with Crippen LogP contribution in [-0.4, -0.2) is 18.2 Å². The predicted molar refractivity (Wildman–Crippen MR) is 127 cm³/mol. The SMILES string of the molecule is CC(C)C(C)C(Oc1ccc2c(cnn2-c2ccc(F)cc2)c1)(c1ccccc1)S(N)(=O)=O. The Morgan fingerprint density at radius 2 is 1.67 bits per heavy atom. The molecule has 0 amide bonds. The fourth-order valence-corrected chi connectivity index (χ4v) is 5.51. The molecule has 0 saturated carbocycles. The third kappa shape index (κ3) is 4.12. The summed E-state index contributed by atoms with van der Waals surface area (Å²) in [4.78, 5) is -1.77. The van der Waals surface area contributed by atoms with Crippen LogP contribution in [0.5, 0.6) is 5.75 Å². The molecule has 2 unspecified atom stereocenters. The summed E-state index contributed by atoms with van der Waals surface area (Å²) in [6.07, 6.45) is 1.65. The summed E-state index contributed by atoms with van der Waals surface area (Å²) in [5, 5.41) is 11.0. The number of fused-ring (bicyclic) bond motifs is 1. The fourth-order valence-electron chi connectivity index (χ4n) is 4.04. The van der Waals surface area contributed by atoms with E-state index in [0.29, 0.717) is 17.0 Å². The number of ether oxygens (including phenoxy) is 1. The molecule has 6 nitrogen and oxygen atoms in total. The van der Waals surface area contributed by atoms with Gasteiger partial charge in [-0.2, -0.15) is 5.10 Å². The van der Waals surface area contributed by atoms with Gasteiger partial charge in [-0.05, 0) is 48.4 Å². The minimum atomic E-state index is -4.20. The normalized spacial score (nSPS) is 14.8. The smallest absolute Gasteiger partial charge is 0.255 e. The second-order valence-corrected chi connectivity index (χ2v) is 10.2. The van der Waals surface area contributed by atoms with Crippen LogP contribution in [0.3, 0.4) is 0 Å². The van der Waals surface area contributed by atoms with Crippen molar-refractivity contribution in [2.75, 3.05) is 0 Å². The summed E-state index contributed by atoms with van der Waals surface area (Å²) < 4.78 is 47.5. The first-order valence-electron chi connectivity index (χ1n) is 10.6. The predicted octanol–water partition coefficient (Wildman–Crippen LogP) is 4.98. The van der Waals surface area contributed by atoms with Gasteiger partial charge in [-0.25, -0.2) is 22.6 Å². The molecular weight excluding hydrogens is 441 g/mol. The maximum absolute atomic E-state index is 13.3. The monoisotopic (exact) mass is 467 g/mol. The molecule has 0 aliphatic rings. The molecule has 0 bridgehead atoms. The van der Waals surface area contributed by atoms with Gasteiger partial charge in [0.1, 0.15) is 11.6 Å². The lowest BCUT2D eigenvalue weighted by atomic mass is 9.87. The van der Waals surface area contributed by atoms with E-state index in [1.165, 1.54) is 12.1 Å². The van der Waals surface area contributed by atoms with Gasteiger partial charge >= 0.3 is 0 Å². The highest BCUT2D eigenvalue weighted by Crippen LogP contribution is 2.42. The molecule has 2 atom stereocenters. The number of hydrogen-bond donors (Lipinski definition) is 1. The molecule has 8 heteroatoms. The summed E-state index contributed by atoms with van der Waals surface area (Å²) in [6, 6.07) is 20.0. The molecule has 172 valence electrons. The fraction of sp³-hybridized carbons (Fsp3) is 0.240. The van der Waals surface area contributed by atoms with Gasteiger partial charge in [-0.15, -0.1) is 0 Å².